The second kappa shape index (κ2) is 8.52. The van der Waals surface area contributed by atoms with Crippen molar-refractivity contribution in [3.63, 3.8) is 0 Å². The van der Waals surface area contributed by atoms with Crippen molar-refractivity contribution >= 4 is 39.9 Å². The van der Waals surface area contributed by atoms with Crippen LogP contribution in [0.25, 0.3) is 10.9 Å². The number of benzene rings is 2. The lowest BCUT2D eigenvalue weighted by atomic mass is 9.96. The average Bonchev–Trinajstić information content (AvgIpc) is 3.37. The molecule has 2 aliphatic heterocycles. The third-order valence-electron chi connectivity index (χ3n) is 6.45. The minimum absolute atomic E-state index is 0.117. The first kappa shape index (κ1) is 21.5. The van der Waals surface area contributed by atoms with Crippen molar-refractivity contribution < 1.29 is 19.5 Å². The number of para-hydroxylation sites is 1. The molecule has 2 aliphatic rings. The molecule has 0 atom stereocenters. The van der Waals surface area contributed by atoms with E-state index in [9.17, 15) is 19.5 Å². The van der Waals surface area contributed by atoms with Crippen molar-refractivity contribution in [3.8, 4) is 18.2 Å². The van der Waals surface area contributed by atoms with E-state index in [1.54, 1.807) is 23.1 Å². The number of nitrogens with zero attached hydrogens (tertiary/aromatic N) is 2. The summed E-state index contributed by atoms with van der Waals surface area (Å²) in [5, 5.41) is 14.0. The first-order valence-corrected chi connectivity index (χ1v) is 11.1. The molecule has 3 N–H and O–H groups in total. The average molecular weight is 454 g/mol. The second-order valence-electron chi connectivity index (χ2n) is 8.51. The van der Waals surface area contributed by atoms with Crippen LogP contribution in [0.1, 0.15) is 39.1 Å². The van der Waals surface area contributed by atoms with Crippen molar-refractivity contribution in [1.29, 1.82) is 0 Å². The Bertz CT molecular complexity index is 1400. The highest BCUT2D eigenvalue weighted by atomic mass is 16.3. The number of rotatable bonds is 4. The highest BCUT2D eigenvalue weighted by Crippen LogP contribution is 2.35. The Morgan fingerprint density at radius 1 is 1.21 bits per heavy atom. The van der Waals surface area contributed by atoms with Crippen LogP contribution in [0.15, 0.2) is 47.5 Å². The van der Waals surface area contributed by atoms with E-state index in [0.717, 1.165) is 12.8 Å². The molecular formula is C26H22N4O4. The Balaban J connectivity index is 1.27. The van der Waals surface area contributed by atoms with E-state index in [4.69, 9.17) is 6.42 Å². The molecule has 5 rings (SSSR count). The monoisotopic (exact) mass is 454 g/mol. The van der Waals surface area contributed by atoms with Crippen LogP contribution in [0.4, 0.5) is 5.69 Å². The maximum Gasteiger partial charge on any atom is 0.298 e. The van der Waals surface area contributed by atoms with Crippen LogP contribution < -0.4 is 5.32 Å². The molecule has 0 spiro atoms. The van der Waals surface area contributed by atoms with Crippen LogP contribution in [-0.2, 0) is 4.79 Å². The summed E-state index contributed by atoms with van der Waals surface area (Å²) < 4.78 is 0. The highest BCUT2D eigenvalue weighted by Gasteiger charge is 2.31. The van der Waals surface area contributed by atoms with Gasteiger partial charge >= 0.3 is 0 Å². The Hall–Kier alpha value is -4.38. The molecule has 3 aromatic rings. The van der Waals surface area contributed by atoms with Crippen LogP contribution in [0.3, 0.4) is 0 Å². The van der Waals surface area contributed by atoms with Gasteiger partial charge in [-0.05, 0) is 48.9 Å². The van der Waals surface area contributed by atoms with E-state index >= 15 is 0 Å². The molecule has 3 heterocycles. The molecule has 0 aliphatic carbocycles. The minimum atomic E-state index is -0.338. The molecule has 0 bridgehead atoms. The largest absolute Gasteiger partial charge is 0.494 e. The van der Waals surface area contributed by atoms with Crippen molar-refractivity contribution in [2.45, 2.75) is 12.8 Å². The number of fused-ring (bicyclic) bond motifs is 2. The number of hydrogen-bond acceptors (Lipinski definition) is 5. The molecule has 1 fully saturated rings. The topological polar surface area (TPSA) is 115 Å². The van der Waals surface area contributed by atoms with Gasteiger partial charge in [-0.2, -0.15) is 0 Å². The molecule has 2 aromatic carbocycles. The van der Waals surface area contributed by atoms with Gasteiger partial charge in [0.05, 0.1) is 16.8 Å². The fraction of sp³-hybridized carbons (Fsp3) is 0.231. The standard InChI is InChI=1S/C26H22N4O4/c1-2-21(31)30-11-9-15(10-12-30)14-27-25(33)16-7-8-20-18(13-16)24(32)23(28-20)22-17-5-3-4-6-19(17)29-26(22)34/h1,3-8,13,15,29,34H,9-12,14H2,(H,27,33). The molecular weight excluding hydrogens is 432 g/mol. The van der Waals surface area contributed by atoms with Gasteiger partial charge < -0.3 is 20.3 Å². The fourth-order valence-electron chi connectivity index (χ4n) is 4.56. The zero-order valence-corrected chi connectivity index (χ0v) is 18.3. The van der Waals surface area contributed by atoms with Gasteiger partial charge in [0.15, 0.2) is 5.88 Å². The number of terminal acetylenes is 1. The molecule has 0 unspecified atom stereocenters. The Morgan fingerprint density at radius 3 is 2.74 bits per heavy atom. The number of likely N-dealkylation sites (tertiary alicyclic amines) is 1. The van der Waals surface area contributed by atoms with Gasteiger partial charge in [-0.25, -0.2) is 4.99 Å². The molecule has 2 amide bonds. The van der Waals surface area contributed by atoms with Crippen LogP contribution in [0.2, 0.25) is 0 Å². The van der Waals surface area contributed by atoms with Crippen LogP contribution in [-0.4, -0.2) is 57.9 Å². The van der Waals surface area contributed by atoms with E-state index in [1.165, 1.54) is 0 Å². The summed E-state index contributed by atoms with van der Waals surface area (Å²) in [7, 11) is 0. The van der Waals surface area contributed by atoms with Crippen LogP contribution in [0.5, 0.6) is 5.88 Å². The predicted molar refractivity (Wildman–Crippen MR) is 127 cm³/mol. The predicted octanol–water partition coefficient (Wildman–Crippen LogP) is 2.79. The van der Waals surface area contributed by atoms with Gasteiger partial charge in [-0.3, -0.25) is 14.4 Å². The van der Waals surface area contributed by atoms with Gasteiger partial charge in [0, 0.05) is 36.1 Å². The van der Waals surface area contributed by atoms with Crippen molar-refractivity contribution in [2.75, 3.05) is 19.6 Å². The molecule has 0 saturated carbocycles. The lowest BCUT2D eigenvalue weighted by Crippen LogP contribution is -2.41. The zero-order chi connectivity index (χ0) is 23.8. The van der Waals surface area contributed by atoms with E-state index in [-0.39, 0.29) is 35.1 Å². The van der Waals surface area contributed by atoms with Crippen molar-refractivity contribution in [2.24, 2.45) is 10.9 Å². The molecule has 0 radical (unpaired) electrons. The summed E-state index contributed by atoms with van der Waals surface area (Å²) in [6.07, 6.45) is 6.70. The number of ketones is 1. The van der Waals surface area contributed by atoms with E-state index < -0.39 is 0 Å². The van der Waals surface area contributed by atoms with E-state index in [2.05, 4.69) is 21.2 Å². The first-order valence-electron chi connectivity index (χ1n) is 11.1. The van der Waals surface area contributed by atoms with Crippen molar-refractivity contribution in [3.05, 3.63) is 59.2 Å². The summed E-state index contributed by atoms with van der Waals surface area (Å²) in [5.74, 6) is 1.36. The Labute approximate surface area is 195 Å². The summed E-state index contributed by atoms with van der Waals surface area (Å²) in [4.78, 5) is 46.5. The second-order valence-corrected chi connectivity index (χ2v) is 8.51. The van der Waals surface area contributed by atoms with Gasteiger partial charge in [-0.15, -0.1) is 6.42 Å². The Morgan fingerprint density at radius 2 is 1.97 bits per heavy atom. The Kier molecular flexibility index (Phi) is 5.38. The number of aliphatic imine (C=N–C) groups is 1. The number of hydrogen-bond donors (Lipinski definition) is 3. The quantitative estimate of drug-likeness (QED) is 0.526. The number of carbonyl (C=O) groups excluding carboxylic acids is 3. The molecule has 1 saturated heterocycles. The molecule has 170 valence electrons. The zero-order valence-electron chi connectivity index (χ0n) is 18.3. The maximum atomic E-state index is 13.1. The number of aromatic amines is 1. The highest BCUT2D eigenvalue weighted by molar-refractivity contribution is 6.56. The lowest BCUT2D eigenvalue weighted by Gasteiger charge is -2.30. The number of carbonyl (C=O) groups is 3. The minimum Gasteiger partial charge on any atom is -0.494 e. The number of amides is 2. The number of piperidine rings is 1. The van der Waals surface area contributed by atoms with Gasteiger partial charge in [-0.1, -0.05) is 18.2 Å². The first-order chi connectivity index (χ1) is 16.5. The smallest absolute Gasteiger partial charge is 0.298 e. The number of H-pyrrole nitrogens is 1. The molecule has 34 heavy (non-hydrogen) atoms. The third-order valence-corrected chi connectivity index (χ3v) is 6.45. The summed E-state index contributed by atoms with van der Waals surface area (Å²) in [6.45, 7) is 1.64. The van der Waals surface area contributed by atoms with Gasteiger partial charge in [0.25, 0.3) is 11.8 Å². The van der Waals surface area contributed by atoms with Crippen LogP contribution >= 0.6 is 0 Å². The lowest BCUT2D eigenvalue weighted by molar-refractivity contribution is -0.126. The summed E-state index contributed by atoms with van der Waals surface area (Å²) >= 11 is 0. The SMILES string of the molecule is C#CC(=O)N1CCC(CNC(=O)c2ccc3c(c2)C(=O)C(c2c(O)[nH]c4ccccc24)=N3)CC1. The number of nitrogens with one attached hydrogen (secondary N) is 2. The van der Waals surface area contributed by atoms with E-state index in [0.29, 0.717) is 52.9 Å². The normalized spacial score (nSPS) is 15.7. The molecule has 8 nitrogen and oxygen atoms in total. The van der Waals surface area contributed by atoms with Gasteiger partial charge in [0.1, 0.15) is 5.71 Å². The van der Waals surface area contributed by atoms with Crippen LogP contribution in [0, 0.1) is 18.3 Å². The number of Topliss-reactive ketones (excluding diaryl/α,β-unsaturated/α-hetero) is 1. The third kappa shape index (κ3) is 3.71. The van der Waals surface area contributed by atoms with Gasteiger partial charge in [0.2, 0.25) is 5.78 Å². The summed E-state index contributed by atoms with van der Waals surface area (Å²) in [5.41, 5.74) is 2.37. The number of aromatic hydroxyl groups is 1. The van der Waals surface area contributed by atoms with Crippen molar-refractivity contribution in [1.82, 2.24) is 15.2 Å². The molecule has 1 aromatic heterocycles. The maximum absolute atomic E-state index is 13.1. The number of aromatic nitrogens is 1. The fourth-order valence-corrected chi connectivity index (χ4v) is 4.56. The summed E-state index contributed by atoms with van der Waals surface area (Å²) in [6, 6.07) is 12.1. The van der Waals surface area contributed by atoms with E-state index in [1.807, 2.05) is 24.3 Å². The molecule has 8 heteroatoms.